The van der Waals surface area contributed by atoms with Crippen LogP contribution in [-0.4, -0.2) is 30.6 Å². The number of hydrogen-bond donors (Lipinski definition) is 1. The summed E-state index contributed by atoms with van der Waals surface area (Å²) in [5, 5.41) is 9.05. The fourth-order valence-electron chi connectivity index (χ4n) is 3.53. The number of hydrogen-bond acceptors (Lipinski definition) is 5. The number of aliphatic hydroxyl groups is 1. The lowest BCUT2D eigenvalue weighted by molar-refractivity contribution is -0.168. The highest BCUT2D eigenvalue weighted by molar-refractivity contribution is 5.69. The molecule has 1 atom stereocenters. The van der Waals surface area contributed by atoms with Crippen LogP contribution in [0.5, 0.6) is 0 Å². The second-order valence-corrected chi connectivity index (χ2v) is 9.16. The van der Waals surface area contributed by atoms with Gasteiger partial charge in [-0.3, -0.25) is 4.79 Å². The lowest BCUT2D eigenvalue weighted by Gasteiger charge is -2.19. The van der Waals surface area contributed by atoms with Crippen LogP contribution in [0.2, 0.25) is 0 Å². The lowest BCUT2D eigenvalue weighted by Crippen LogP contribution is -2.20. The molecular weight excluding hydrogens is 440 g/mol. The predicted molar refractivity (Wildman–Crippen MR) is 140 cm³/mol. The number of unbranched alkanes of at least 4 members (excludes halogenated alkanes) is 2. The van der Waals surface area contributed by atoms with Gasteiger partial charge in [-0.2, -0.15) is 0 Å². The van der Waals surface area contributed by atoms with E-state index in [9.17, 15) is 4.79 Å². The molecule has 193 valence electrons. The minimum Gasteiger partial charge on any atom is -0.465 e. The van der Waals surface area contributed by atoms with E-state index >= 15 is 0 Å². The van der Waals surface area contributed by atoms with Gasteiger partial charge in [-0.25, -0.2) is 0 Å². The van der Waals surface area contributed by atoms with E-state index in [1.807, 2.05) is 0 Å². The van der Waals surface area contributed by atoms with Crippen LogP contribution in [0, 0.1) is 12.8 Å². The van der Waals surface area contributed by atoms with Gasteiger partial charge in [-0.1, -0.05) is 75.2 Å². The summed E-state index contributed by atoms with van der Waals surface area (Å²) in [6.07, 6.45) is 6.96. The van der Waals surface area contributed by atoms with Gasteiger partial charge in [-0.15, -0.1) is 0 Å². The normalized spacial score (nSPS) is 12.1. The van der Waals surface area contributed by atoms with E-state index < -0.39 is 6.29 Å². The summed E-state index contributed by atoms with van der Waals surface area (Å²) in [7, 11) is 0. The molecule has 1 unspecified atom stereocenters. The molecule has 0 fully saturated rings. The number of rotatable bonds is 18. The third-order valence-corrected chi connectivity index (χ3v) is 5.88. The predicted octanol–water partition coefficient (Wildman–Crippen LogP) is 6.20. The average Bonchev–Trinajstić information content (AvgIpc) is 2.90. The first kappa shape index (κ1) is 29.0. The molecule has 0 aliphatic carbocycles. The summed E-state index contributed by atoms with van der Waals surface area (Å²) in [4.78, 5) is 12.1. The minimum absolute atomic E-state index is 0.108. The molecule has 2 rings (SSSR count). The van der Waals surface area contributed by atoms with Crippen molar-refractivity contribution in [2.75, 3.05) is 13.2 Å². The first-order chi connectivity index (χ1) is 17.0. The number of esters is 1. The summed E-state index contributed by atoms with van der Waals surface area (Å²) in [5.41, 5.74) is 4.81. The highest BCUT2D eigenvalue weighted by atomic mass is 16.7. The van der Waals surface area contributed by atoms with Crippen molar-refractivity contribution in [1.29, 1.82) is 0 Å². The SMILES string of the molecule is [CH2]C(CO)COC(=O)CCC(OCc1ccc(CCCC)cc1)OCc1ccc(CCCC)cc1. The molecule has 0 amide bonds. The van der Waals surface area contributed by atoms with Gasteiger partial charge in [-0.05, 0) is 54.9 Å². The van der Waals surface area contributed by atoms with Crippen LogP contribution < -0.4 is 0 Å². The van der Waals surface area contributed by atoms with Crippen LogP contribution in [0.4, 0.5) is 0 Å². The summed E-state index contributed by atoms with van der Waals surface area (Å²) in [5.74, 6) is -0.660. The fourth-order valence-corrected chi connectivity index (χ4v) is 3.53. The van der Waals surface area contributed by atoms with Crippen LogP contribution in [-0.2, 0) is 45.1 Å². The van der Waals surface area contributed by atoms with E-state index in [0.717, 1.165) is 24.0 Å². The van der Waals surface area contributed by atoms with Crippen LogP contribution in [0.3, 0.4) is 0 Å². The Morgan fingerprint density at radius 1 is 0.829 bits per heavy atom. The molecule has 5 heteroatoms. The van der Waals surface area contributed by atoms with Crippen molar-refractivity contribution in [2.24, 2.45) is 5.92 Å². The van der Waals surface area contributed by atoms with E-state index in [0.29, 0.717) is 19.6 Å². The minimum atomic E-state index is -0.532. The lowest BCUT2D eigenvalue weighted by atomic mass is 10.1. The summed E-state index contributed by atoms with van der Waals surface area (Å²) in [6, 6.07) is 17.0. The van der Waals surface area contributed by atoms with Crippen LogP contribution in [0.15, 0.2) is 48.5 Å². The number of aliphatic hydroxyl groups excluding tert-OH is 1. The zero-order chi connectivity index (χ0) is 25.3. The van der Waals surface area contributed by atoms with E-state index in [-0.39, 0.29) is 31.5 Å². The van der Waals surface area contributed by atoms with Gasteiger partial charge >= 0.3 is 5.97 Å². The molecule has 0 bridgehead atoms. The summed E-state index contributed by atoms with van der Waals surface area (Å²) in [6.45, 7) is 8.93. The van der Waals surface area contributed by atoms with Crippen molar-refractivity contribution >= 4 is 5.97 Å². The monoisotopic (exact) mass is 483 g/mol. The molecule has 0 spiro atoms. The number of carbonyl (C=O) groups is 1. The molecule has 2 aromatic carbocycles. The van der Waals surface area contributed by atoms with Gasteiger partial charge in [0.15, 0.2) is 6.29 Å². The largest absolute Gasteiger partial charge is 0.465 e. The van der Waals surface area contributed by atoms with Gasteiger partial charge in [0.1, 0.15) is 0 Å². The summed E-state index contributed by atoms with van der Waals surface area (Å²) >= 11 is 0. The molecule has 2 aromatic rings. The fraction of sp³-hybridized carbons (Fsp3) is 0.533. The zero-order valence-corrected chi connectivity index (χ0v) is 21.5. The Kier molecular flexibility index (Phi) is 14.3. The molecule has 0 aliphatic rings. The molecule has 1 N–H and O–H groups in total. The molecule has 0 saturated heterocycles. The maximum absolute atomic E-state index is 12.1. The van der Waals surface area contributed by atoms with Gasteiger partial charge in [0.2, 0.25) is 0 Å². The molecule has 0 saturated carbocycles. The molecule has 1 radical (unpaired) electrons. The quantitative estimate of drug-likeness (QED) is 0.202. The van der Waals surface area contributed by atoms with Gasteiger partial charge in [0, 0.05) is 18.9 Å². The van der Waals surface area contributed by atoms with Gasteiger partial charge in [0.05, 0.1) is 26.2 Å². The van der Waals surface area contributed by atoms with E-state index in [1.165, 1.54) is 36.8 Å². The number of ether oxygens (including phenoxy) is 3. The van der Waals surface area contributed by atoms with Crippen molar-refractivity contribution in [2.45, 2.75) is 84.7 Å². The second-order valence-electron chi connectivity index (χ2n) is 9.16. The molecule has 35 heavy (non-hydrogen) atoms. The average molecular weight is 484 g/mol. The van der Waals surface area contributed by atoms with Crippen molar-refractivity contribution in [3.63, 3.8) is 0 Å². The van der Waals surface area contributed by atoms with Crippen LogP contribution in [0.25, 0.3) is 0 Å². The number of aryl methyl sites for hydroxylation is 2. The smallest absolute Gasteiger partial charge is 0.305 e. The first-order valence-corrected chi connectivity index (χ1v) is 13.0. The van der Waals surface area contributed by atoms with E-state index in [2.05, 4.69) is 69.3 Å². The van der Waals surface area contributed by atoms with Gasteiger partial charge in [0.25, 0.3) is 0 Å². The van der Waals surface area contributed by atoms with Crippen molar-refractivity contribution in [1.82, 2.24) is 0 Å². The molecule has 5 nitrogen and oxygen atoms in total. The Hall–Kier alpha value is -2.21. The van der Waals surface area contributed by atoms with E-state index in [4.69, 9.17) is 19.3 Å². The van der Waals surface area contributed by atoms with Crippen molar-refractivity contribution in [3.05, 3.63) is 77.7 Å². The Morgan fingerprint density at radius 2 is 1.29 bits per heavy atom. The molecular formula is C30H43O5. The topological polar surface area (TPSA) is 65.0 Å². The Labute approximate surface area is 211 Å². The number of benzene rings is 2. The Bertz CT molecular complexity index is 760. The maximum atomic E-state index is 12.1. The van der Waals surface area contributed by atoms with Gasteiger partial charge < -0.3 is 19.3 Å². The van der Waals surface area contributed by atoms with Crippen molar-refractivity contribution < 1.29 is 24.1 Å². The van der Waals surface area contributed by atoms with Crippen LogP contribution >= 0.6 is 0 Å². The van der Waals surface area contributed by atoms with E-state index in [1.54, 1.807) is 0 Å². The standard InChI is InChI=1S/C30H43O5/c1-4-6-8-25-10-14-27(15-11-25)22-34-30(19-18-29(32)33-21-24(3)20-31)35-23-28-16-12-26(13-17-28)9-7-5-2/h10-17,24,30-31H,3-9,18-23H2,1-2H3. The molecule has 0 aromatic heterocycles. The molecule has 0 heterocycles. The highest BCUT2D eigenvalue weighted by Crippen LogP contribution is 2.15. The Balaban J connectivity index is 1.90. The molecule has 0 aliphatic heterocycles. The summed E-state index contributed by atoms with van der Waals surface area (Å²) < 4.78 is 17.3. The maximum Gasteiger partial charge on any atom is 0.305 e. The zero-order valence-electron chi connectivity index (χ0n) is 21.5. The van der Waals surface area contributed by atoms with Crippen molar-refractivity contribution in [3.8, 4) is 0 Å². The first-order valence-electron chi connectivity index (χ1n) is 13.0. The third kappa shape index (κ3) is 12.4. The Morgan fingerprint density at radius 3 is 1.71 bits per heavy atom. The van der Waals surface area contributed by atoms with Crippen LogP contribution in [0.1, 0.15) is 74.6 Å². The third-order valence-electron chi connectivity index (χ3n) is 5.88. The second kappa shape index (κ2) is 17.3. The number of carbonyl (C=O) groups excluding carboxylic acids is 1. The highest BCUT2D eigenvalue weighted by Gasteiger charge is 2.15.